The second kappa shape index (κ2) is 7.89. The number of rotatable bonds is 7. The van der Waals surface area contributed by atoms with Crippen molar-refractivity contribution in [2.45, 2.75) is 6.10 Å². The van der Waals surface area contributed by atoms with Gasteiger partial charge in [-0.3, -0.25) is 0 Å². The largest absolute Gasteiger partial charge is 0.497 e. The van der Waals surface area contributed by atoms with Gasteiger partial charge in [0.25, 0.3) is 0 Å². The summed E-state index contributed by atoms with van der Waals surface area (Å²) in [6.07, 6.45) is -0.811. The topological polar surface area (TPSA) is 71.0 Å². The number of ether oxygens (including phenoxy) is 2. The average molecular weight is 324 g/mol. The zero-order valence-electron chi connectivity index (χ0n) is 12.1. The number of aliphatic hydroxyl groups is 2. The molecule has 22 heavy (non-hydrogen) atoms. The van der Waals surface area contributed by atoms with Crippen LogP contribution in [0.5, 0.6) is 17.2 Å². The minimum Gasteiger partial charge on any atom is -0.497 e. The van der Waals surface area contributed by atoms with Gasteiger partial charge in [-0.05, 0) is 42.5 Å². The van der Waals surface area contributed by atoms with Crippen molar-refractivity contribution in [1.82, 2.24) is 0 Å². The lowest BCUT2D eigenvalue weighted by Gasteiger charge is -2.12. The number of benzene rings is 2. The Balaban J connectivity index is 2.02. The number of methoxy groups -OCH3 is 1. The highest BCUT2D eigenvalue weighted by Gasteiger charge is 2.06. The highest BCUT2D eigenvalue weighted by atomic mass is 35.5. The Morgan fingerprint density at radius 2 is 1.82 bits per heavy atom. The molecule has 0 aliphatic rings. The van der Waals surface area contributed by atoms with Gasteiger partial charge in [-0.1, -0.05) is 11.6 Å². The monoisotopic (exact) mass is 323 g/mol. The first-order valence-corrected chi connectivity index (χ1v) is 7.14. The molecular weight excluding hydrogens is 306 g/mol. The van der Waals surface area contributed by atoms with Crippen LogP contribution in [-0.2, 0) is 0 Å². The van der Waals surface area contributed by atoms with Crippen LogP contribution >= 0.6 is 11.6 Å². The van der Waals surface area contributed by atoms with Crippen molar-refractivity contribution in [3.05, 3.63) is 47.5 Å². The van der Waals surface area contributed by atoms with Crippen molar-refractivity contribution in [3.8, 4) is 17.2 Å². The van der Waals surface area contributed by atoms with E-state index in [1.54, 1.807) is 49.6 Å². The quantitative estimate of drug-likeness (QED) is 0.731. The zero-order chi connectivity index (χ0) is 15.9. The minimum absolute atomic E-state index is 0.242. The van der Waals surface area contributed by atoms with Gasteiger partial charge in [-0.25, -0.2) is 0 Å². The highest BCUT2D eigenvalue weighted by molar-refractivity contribution is 6.32. The summed E-state index contributed by atoms with van der Waals surface area (Å²) in [6.45, 7) is -0.0507. The molecule has 2 rings (SSSR count). The Kier molecular flexibility index (Phi) is 5.89. The third-order valence-electron chi connectivity index (χ3n) is 2.97. The summed E-state index contributed by atoms with van der Waals surface area (Å²) in [5.74, 6) is 1.93. The first-order valence-electron chi connectivity index (χ1n) is 6.76. The van der Waals surface area contributed by atoms with Crippen molar-refractivity contribution in [3.63, 3.8) is 0 Å². The number of anilines is 1. The molecule has 1 unspecified atom stereocenters. The predicted molar refractivity (Wildman–Crippen MR) is 86.1 cm³/mol. The van der Waals surface area contributed by atoms with Crippen LogP contribution in [0.25, 0.3) is 0 Å². The highest BCUT2D eigenvalue weighted by Crippen LogP contribution is 2.32. The summed E-state index contributed by atoms with van der Waals surface area (Å²) >= 11 is 6.19. The van der Waals surface area contributed by atoms with Crippen LogP contribution in [-0.4, -0.2) is 36.6 Å². The van der Waals surface area contributed by atoms with Crippen LogP contribution in [0.2, 0.25) is 5.02 Å². The lowest BCUT2D eigenvalue weighted by atomic mass is 10.2. The Bertz CT molecular complexity index is 604. The van der Waals surface area contributed by atoms with E-state index in [2.05, 4.69) is 5.32 Å². The molecule has 0 saturated carbocycles. The molecule has 0 aliphatic heterocycles. The molecule has 0 aromatic heterocycles. The molecule has 0 amide bonds. The van der Waals surface area contributed by atoms with E-state index in [-0.39, 0.29) is 13.2 Å². The van der Waals surface area contributed by atoms with Gasteiger partial charge in [0.15, 0.2) is 0 Å². The van der Waals surface area contributed by atoms with Crippen LogP contribution in [0.15, 0.2) is 42.5 Å². The number of aliphatic hydroxyl groups excluding tert-OH is 2. The van der Waals surface area contributed by atoms with Crippen molar-refractivity contribution < 1.29 is 19.7 Å². The van der Waals surface area contributed by atoms with Crippen LogP contribution < -0.4 is 14.8 Å². The molecular formula is C16H18ClNO4. The van der Waals surface area contributed by atoms with Gasteiger partial charge in [0, 0.05) is 12.2 Å². The molecule has 0 aliphatic carbocycles. The third kappa shape index (κ3) is 4.53. The van der Waals surface area contributed by atoms with Crippen molar-refractivity contribution in [2.75, 3.05) is 25.6 Å². The van der Waals surface area contributed by atoms with Crippen LogP contribution in [0.3, 0.4) is 0 Å². The molecule has 118 valence electrons. The molecule has 6 heteroatoms. The molecule has 2 aromatic rings. The lowest BCUT2D eigenvalue weighted by Crippen LogP contribution is -2.22. The average Bonchev–Trinajstić information content (AvgIpc) is 2.55. The maximum absolute atomic E-state index is 9.30. The van der Waals surface area contributed by atoms with Crippen molar-refractivity contribution in [2.24, 2.45) is 0 Å². The second-order valence-corrected chi connectivity index (χ2v) is 5.05. The zero-order valence-corrected chi connectivity index (χ0v) is 12.9. The van der Waals surface area contributed by atoms with Gasteiger partial charge >= 0.3 is 0 Å². The summed E-state index contributed by atoms with van der Waals surface area (Å²) in [6, 6.07) is 12.4. The van der Waals surface area contributed by atoms with E-state index >= 15 is 0 Å². The molecule has 0 bridgehead atoms. The van der Waals surface area contributed by atoms with Gasteiger partial charge in [-0.2, -0.15) is 0 Å². The van der Waals surface area contributed by atoms with Crippen LogP contribution in [0.1, 0.15) is 0 Å². The van der Waals surface area contributed by atoms with E-state index in [1.807, 2.05) is 0 Å². The van der Waals surface area contributed by atoms with E-state index < -0.39 is 6.10 Å². The summed E-state index contributed by atoms with van der Waals surface area (Å²) in [5.41, 5.74) is 0.736. The SMILES string of the molecule is COc1ccc(Oc2ccc(NCC(O)CO)cc2Cl)cc1. The Hall–Kier alpha value is -1.95. The predicted octanol–water partition coefficient (Wildman–Crippen LogP) is 2.91. The van der Waals surface area contributed by atoms with Gasteiger partial charge in [-0.15, -0.1) is 0 Å². The minimum atomic E-state index is -0.811. The molecule has 0 spiro atoms. The summed E-state index contributed by atoms with van der Waals surface area (Å²) in [4.78, 5) is 0. The smallest absolute Gasteiger partial charge is 0.146 e. The van der Waals surface area contributed by atoms with E-state index in [1.165, 1.54) is 0 Å². The molecule has 2 aromatic carbocycles. The molecule has 5 nitrogen and oxygen atoms in total. The van der Waals surface area contributed by atoms with Crippen LogP contribution in [0.4, 0.5) is 5.69 Å². The van der Waals surface area contributed by atoms with Gasteiger partial charge < -0.3 is 25.0 Å². The molecule has 0 saturated heterocycles. The number of hydrogen-bond acceptors (Lipinski definition) is 5. The fourth-order valence-electron chi connectivity index (χ4n) is 1.76. The maximum Gasteiger partial charge on any atom is 0.146 e. The number of hydrogen-bond donors (Lipinski definition) is 3. The third-order valence-corrected chi connectivity index (χ3v) is 3.27. The Morgan fingerprint density at radius 1 is 1.14 bits per heavy atom. The maximum atomic E-state index is 9.30. The molecule has 0 heterocycles. The van der Waals surface area contributed by atoms with Crippen molar-refractivity contribution in [1.29, 1.82) is 0 Å². The molecule has 3 N–H and O–H groups in total. The first kappa shape index (κ1) is 16.4. The van der Waals surface area contributed by atoms with Gasteiger partial charge in [0.2, 0.25) is 0 Å². The first-order chi connectivity index (χ1) is 10.6. The Labute approximate surface area is 134 Å². The van der Waals surface area contributed by atoms with E-state index in [4.69, 9.17) is 26.2 Å². The fourth-order valence-corrected chi connectivity index (χ4v) is 1.98. The summed E-state index contributed by atoms with van der Waals surface area (Å²) in [7, 11) is 1.60. The number of nitrogens with one attached hydrogen (secondary N) is 1. The van der Waals surface area contributed by atoms with E-state index in [9.17, 15) is 5.11 Å². The summed E-state index contributed by atoms with van der Waals surface area (Å²) < 4.78 is 10.8. The molecule has 1 atom stereocenters. The molecule has 0 radical (unpaired) electrons. The van der Waals surface area contributed by atoms with E-state index in [0.29, 0.717) is 16.5 Å². The second-order valence-electron chi connectivity index (χ2n) is 4.64. The van der Waals surface area contributed by atoms with E-state index in [0.717, 1.165) is 11.4 Å². The lowest BCUT2D eigenvalue weighted by molar-refractivity contribution is 0.105. The Morgan fingerprint density at radius 3 is 2.41 bits per heavy atom. The van der Waals surface area contributed by atoms with Crippen molar-refractivity contribution >= 4 is 17.3 Å². The standard InChI is InChI=1S/C16H18ClNO4/c1-21-13-3-5-14(6-4-13)22-16-7-2-11(8-15(16)17)18-9-12(20)10-19/h2-8,12,18-20H,9-10H2,1H3. The number of halogens is 1. The summed E-state index contributed by atoms with van der Waals surface area (Å²) in [5, 5.41) is 21.5. The van der Waals surface area contributed by atoms with Gasteiger partial charge in [0.1, 0.15) is 17.2 Å². The van der Waals surface area contributed by atoms with Gasteiger partial charge in [0.05, 0.1) is 24.8 Å². The fraction of sp³-hybridized carbons (Fsp3) is 0.250. The molecule has 0 fully saturated rings. The van der Waals surface area contributed by atoms with Crippen LogP contribution in [0, 0.1) is 0 Å². The normalized spacial score (nSPS) is 11.8.